The van der Waals surface area contributed by atoms with Crippen LogP contribution in [-0.2, 0) is 9.59 Å². The Balaban J connectivity index is 5.43. The Morgan fingerprint density at radius 2 is 1.76 bits per heavy atom. The highest BCUT2D eigenvalue weighted by molar-refractivity contribution is 5.87. The van der Waals surface area contributed by atoms with Crippen molar-refractivity contribution in [1.82, 2.24) is 5.23 Å². The number of aliphatic hydroxyl groups is 2. The molecule has 9 heteroatoms. The smallest absolute Gasteiger partial charge is 0.341 e. The van der Waals surface area contributed by atoms with Crippen molar-refractivity contribution in [2.75, 3.05) is 0 Å². The fourth-order valence-corrected chi connectivity index (χ4v) is 1.41. The Hall–Kier alpha value is -1.26. The van der Waals surface area contributed by atoms with Gasteiger partial charge in [-0.1, -0.05) is 18.6 Å². The van der Waals surface area contributed by atoms with Crippen LogP contribution in [0, 0.1) is 0 Å². The van der Waals surface area contributed by atoms with E-state index >= 15 is 0 Å². The lowest BCUT2D eigenvalue weighted by Crippen LogP contribution is -2.64. The van der Waals surface area contributed by atoms with Gasteiger partial charge in [-0.3, -0.25) is 10.4 Å². The van der Waals surface area contributed by atoms with E-state index in [1.165, 1.54) is 0 Å². The average Bonchev–Trinajstić information content (AvgIpc) is 2.22. The second-order valence-electron chi connectivity index (χ2n) is 3.50. The molecule has 3 unspecified atom stereocenters. The van der Waals surface area contributed by atoms with Gasteiger partial charge in [-0.2, -0.15) is 0 Å². The van der Waals surface area contributed by atoms with Crippen molar-refractivity contribution in [3.05, 3.63) is 0 Å². The Morgan fingerprint density at radius 1 is 1.29 bits per heavy atom. The molecule has 9 nitrogen and oxygen atoms in total. The summed E-state index contributed by atoms with van der Waals surface area (Å²) in [5, 5.41) is 53.2. The molecular formula is C8H15NO8. The molecule has 0 bridgehead atoms. The summed E-state index contributed by atoms with van der Waals surface area (Å²) in [5.41, 5.74) is -3.23. The Kier molecular flexibility index (Phi) is 5.45. The average molecular weight is 253 g/mol. The molecule has 0 aliphatic heterocycles. The molecule has 0 aliphatic rings. The number of aliphatic carboxylic acids is 2. The maximum atomic E-state index is 10.9. The zero-order chi connectivity index (χ0) is 13.8. The minimum Gasteiger partial charge on any atom is -0.479 e. The third kappa shape index (κ3) is 3.11. The molecule has 0 saturated heterocycles. The number of rotatable bonds is 7. The number of nitrogens with zero attached hydrogens (tertiary/aromatic N) is 1. The predicted molar refractivity (Wildman–Crippen MR) is 50.3 cm³/mol. The third-order valence-corrected chi connectivity index (χ3v) is 2.34. The van der Waals surface area contributed by atoms with E-state index in [1.54, 1.807) is 6.92 Å². The van der Waals surface area contributed by atoms with Crippen molar-refractivity contribution >= 4 is 11.9 Å². The van der Waals surface area contributed by atoms with E-state index in [-0.39, 0.29) is 12.8 Å². The van der Waals surface area contributed by atoms with E-state index < -0.39 is 34.9 Å². The van der Waals surface area contributed by atoms with Gasteiger partial charge in [-0.15, -0.1) is 0 Å². The highest BCUT2D eigenvalue weighted by Gasteiger charge is 2.55. The number of hydrogen-bond acceptors (Lipinski definition) is 7. The monoisotopic (exact) mass is 253 g/mol. The van der Waals surface area contributed by atoms with Crippen LogP contribution in [0.15, 0.2) is 0 Å². The van der Waals surface area contributed by atoms with Crippen LogP contribution >= 0.6 is 0 Å². The molecule has 17 heavy (non-hydrogen) atoms. The molecule has 0 radical (unpaired) electrons. The van der Waals surface area contributed by atoms with Crippen molar-refractivity contribution in [3.63, 3.8) is 0 Å². The lowest BCUT2D eigenvalue weighted by molar-refractivity contribution is -0.358. The predicted octanol–water partition coefficient (Wildman–Crippen LogP) is -1.50. The summed E-state index contributed by atoms with van der Waals surface area (Å²) in [4.78, 5) is 21.4. The maximum absolute atomic E-state index is 10.9. The van der Waals surface area contributed by atoms with E-state index in [0.29, 0.717) is 0 Å². The van der Waals surface area contributed by atoms with Gasteiger partial charge in [0.05, 0.1) is 0 Å². The fraction of sp³-hybridized carbons (Fsp3) is 0.750. The van der Waals surface area contributed by atoms with E-state index in [0.717, 1.165) is 0 Å². The summed E-state index contributed by atoms with van der Waals surface area (Å²) in [5.74, 6) is -4.06. The van der Waals surface area contributed by atoms with Gasteiger partial charge in [0.25, 0.3) is 0 Å². The molecule has 0 aliphatic carbocycles. The normalized spacial score (nSPS) is 18.5. The van der Waals surface area contributed by atoms with Crippen LogP contribution in [0.2, 0.25) is 0 Å². The Morgan fingerprint density at radius 3 is 2.00 bits per heavy atom. The van der Waals surface area contributed by atoms with E-state index in [9.17, 15) is 19.8 Å². The molecular weight excluding hydrogens is 238 g/mol. The number of carbonyl (C=O) groups is 2. The summed E-state index contributed by atoms with van der Waals surface area (Å²) >= 11 is 0. The zero-order valence-corrected chi connectivity index (χ0v) is 9.02. The van der Waals surface area contributed by atoms with Gasteiger partial charge in [0.2, 0.25) is 5.60 Å². The maximum Gasteiger partial charge on any atom is 0.341 e. The highest BCUT2D eigenvalue weighted by Crippen LogP contribution is 2.24. The van der Waals surface area contributed by atoms with Gasteiger partial charge in [0.1, 0.15) is 6.04 Å². The zero-order valence-electron chi connectivity index (χ0n) is 9.02. The summed E-state index contributed by atoms with van der Waals surface area (Å²) in [6, 6.07) is -1.88. The molecule has 0 rings (SSSR count). The van der Waals surface area contributed by atoms with Crippen molar-refractivity contribution in [1.29, 1.82) is 0 Å². The molecule has 0 aromatic carbocycles. The Labute approximate surface area is 96.1 Å². The lowest BCUT2D eigenvalue weighted by Gasteiger charge is -2.35. The van der Waals surface area contributed by atoms with Gasteiger partial charge >= 0.3 is 11.9 Å². The molecule has 6 N–H and O–H groups in total. The summed E-state index contributed by atoms with van der Waals surface area (Å²) in [6.45, 7) is 1.55. The minimum atomic E-state index is -3.23. The van der Waals surface area contributed by atoms with Gasteiger partial charge in [0.15, 0.2) is 6.10 Å². The molecule has 0 heterocycles. The molecule has 0 aromatic heterocycles. The first kappa shape index (κ1) is 15.7. The van der Waals surface area contributed by atoms with Gasteiger partial charge in [0, 0.05) is 0 Å². The van der Waals surface area contributed by atoms with Crippen LogP contribution in [0.4, 0.5) is 0 Å². The van der Waals surface area contributed by atoms with Crippen LogP contribution in [0.1, 0.15) is 19.8 Å². The standard InChI is InChI=1S/C8H15NO8/c1-2-3-4(9(16)17)8(15,7(13)14)5(10)6(11)12/h4-5,10,15-17H,2-3H2,1H3,(H,11,12)(H,13,14). The summed E-state index contributed by atoms with van der Waals surface area (Å²) < 4.78 is 0. The topological polar surface area (TPSA) is 159 Å². The highest BCUT2D eigenvalue weighted by atomic mass is 16.8. The number of aliphatic hydroxyl groups excluding tert-OH is 1. The first-order valence-corrected chi connectivity index (χ1v) is 4.73. The minimum absolute atomic E-state index is 0.226. The number of carboxylic acids is 2. The van der Waals surface area contributed by atoms with E-state index in [2.05, 4.69) is 0 Å². The van der Waals surface area contributed by atoms with Crippen LogP contribution in [-0.4, -0.2) is 65.8 Å². The largest absolute Gasteiger partial charge is 0.479 e. The molecule has 0 saturated carbocycles. The van der Waals surface area contributed by atoms with Crippen LogP contribution in [0.25, 0.3) is 0 Å². The number of carboxylic acid groups (broad SMARTS) is 2. The molecule has 3 atom stereocenters. The lowest BCUT2D eigenvalue weighted by atomic mass is 9.85. The Bertz CT molecular complexity index is 293. The molecule has 0 aromatic rings. The molecule has 100 valence electrons. The second-order valence-corrected chi connectivity index (χ2v) is 3.50. The van der Waals surface area contributed by atoms with Crippen molar-refractivity contribution in [2.24, 2.45) is 0 Å². The number of hydroxylamine groups is 2. The van der Waals surface area contributed by atoms with Crippen molar-refractivity contribution < 1.29 is 40.4 Å². The van der Waals surface area contributed by atoms with Gasteiger partial charge < -0.3 is 20.4 Å². The summed E-state index contributed by atoms with van der Waals surface area (Å²) in [6.07, 6.45) is -2.72. The fourth-order valence-electron chi connectivity index (χ4n) is 1.41. The van der Waals surface area contributed by atoms with Gasteiger partial charge in [-0.05, 0) is 6.42 Å². The number of hydrogen-bond donors (Lipinski definition) is 6. The molecule has 0 spiro atoms. The van der Waals surface area contributed by atoms with Gasteiger partial charge in [-0.25, -0.2) is 9.59 Å². The summed E-state index contributed by atoms with van der Waals surface area (Å²) in [7, 11) is 0. The van der Waals surface area contributed by atoms with Crippen LogP contribution in [0.3, 0.4) is 0 Å². The molecule has 0 fully saturated rings. The first-order chi connectivity index (χ1) is 7.69. The second kappa shape index (κ2) is 5.89. The third-order valence-electron chi connectivity index (χ3n) is 2.34. The van der Waals surface area contributed by atoms with Crippen molar-refractivity contribution in [3.8, 4) is 0 Å². The first-order valence-electron chi connectivity index (χ1n) is 4.73. The van der Waals surface area contributed by atoms with E-state index in [4.69, 9.17) is 20.6 Å². The van der Waals surface area contributed by atoms with E-state index in [1.807, 2.05) is 0 Å². The molecule has 0 amide bonds. The van der Waals surface area contributed by atoms with Crippen molar-refractivity contribution in [2.45, 2.75) is 37.5 Å². The van der Waals surface area contributed by atoms with Crippen LogP contribution in [0.5, 0.6) is 0 Å². The van der Waals surface area contributed by atoms with Crippen LogP contribution < -0.4 is 0 Å². The quantitative estimate of drug-likeness (QED) is 0.297. The SMILES string of the molecule is CCCC(N(O)O)C(O)(C(=O)O)C(O)C(=O)O.